The number of anilines is 1. The standard InChI is InChI=1S/C16H15FN4O/c1-2-8-21-15-7-6-11(9-14(15)19-20-21)16(22)18-13-5-3-4-12(17)10-13/h3-7,9-10H,2,8H2,1H3,(H,18,22). The van der Waals surface area contributed by atoms with Gasteiger partial charge in [0.1, 0.15) is 11.3 Å². The molecule has 3 aromatic rings. The van der Waals surface area contributed by atoms with Crippen LogP contribution in [0.2, 0.25) is 0 Å². The third-order valence-corrected chi connectivity index (χ3v) is 3.29. The zero-order valence-electron chi connectivity index (χ0n) is 12.1. The Balaban J connectivity index is 1.85. The molecule has 5 nitrogen and oxygen atoms in total. The van der Waals surface area contributed by atoms with E-state index in [9.17, 15) is 9.18 Å². The summed E-state index contributed by atoms with van der Waals surface area (Å²) in [7, 11) is 0. The summed E-state index contributed by atoms with van der Waals surface area (Å²) < 4.78 is 14.9. The molecule has 3 rings (SSSR count). The van der Waals surface area contributed by atoms with Crippen LogP contribution in [0.25, 0.3) is 11.0 Å². The zero-order chi connectivity index (χ0) is 15.5. The molecule has 0 atom stereocenters. The number of nitrogens with one attached hydrogen (secondary N) is 1. The van der Waals surface area contributed by atoms with E-state index in [1.54, 1.807) is 24.3 Å². The second-order valence-corrected chi connectivity index (χ2v) is 4.98. The number of benzene rings is 2. The third kappa shape index (κ3) is 2.81. The summed E-state index contributed by atoms with van der Waals surface area (Å²) in [6.45, 7) is 2.85. The van der Waals surface area contributed by atoms with Crippen LogP contribution in [-0.4, -0.2) is 20.9 Å². The average Bonchev–Trinajstić information content (AvgIpc) is 2.90. The van der Waals surface area contributed by atoms with Crippen molar-refractivity contribution < 1.29 is 9.18 Å². The van der Waals surface area contributed by atoms with Gasteiger partial charge in [0.2, 0.25) is 0 Å². The number of hydrogen-bond donors (Lipinski definition) is 1. The fraction of sp³-hybridized carbons (Fsp3) is 0.188. The molecule has 0 saturated heterocycles. The van der Waals surface area contributed by atoms with Crippen molar-refractivity contribution in [2.24, 2.45) is 0 Å². The highest BCUT2D eigenvalue weighted by molar-refractivity contribution is 6.05. The summed E-state index contributed by atoms with van der Waals surface area (Å²) >= 11 is 0. The molecule has 1 amide bonds. The largest absolute Gasteiger partial charge is 0.322 e. The number of amides is 1. The number of aromatic nitrogens is 3. The molecular weight excluding hydrogens is 283 g/mol. The van der Waals surface area contributed by atoms with E-state index >= 15 is 0 Å². The molecule has 2 aromatic carbocycles. The predicted octanol–water partition coefficient (Wildman–Crippen LogP) is 3.23. The fourth-order valence-electron chi connectivity index (χ4n) is 2.26. The normalized spacial score (nSPS) is 10.8. The summed E-state index contributed by atoms with van der Waals surface area (Å²) in [5.41, 5.74) is 2.43. The second kappa shape index (κ2) is 5.93. The molecule has 0 unspecified atom stereocenters. The number of aryl methyl sites for hydroxylation is 1. The number of fused-ring (bicyclic) bond motifs is 1. The Kier molecular flexibility index (Phi) is 3.82. The quantitative estimate of drug-likeness (QED) is 0.804. The van der Waals surface area contributed by atoms with Gasteiger partial charge in [-0.1, -0.05) is 18.2 Å². The molecule has 1 heterocycles. The predicted molar refractivity (Wildman–Crippen MR) is 82.2 cm³/mol. The van der Waals surface area contributed by atoms with E-state index in [0.717, 1.165) is 18.5 Å². The Morgan fingerprint density at radius 2 is 2.14 bits per heavy atom. The van der Waals surface area contributed by atoms with Crippen LogP contribution in [0.4, 0.5) is 10.1 Å². The van der Waals surface area contributed by atoms with Gasteiger partial charge in [-0.2, -0.15) is 0 Å². The van der Waals surface area contributed by atoms with Gasteiger partial charge in [0.05, 0.1) is 5.52 Å². The lowest BCUT2D eigenvalue weighted by molar-refractivity contribution is 0.102. The fourth-order valence-corrected chi connectivity index (χ4v) is 2.26. The Labute approximate surface area is 126 Å². The van der Waals surface area contributed by atoms with Crippen LogP contribution in [0.5, 0.6) is 0 Å². The first kappa shape index (κ1) is 14.2. The van der Waals surface area contributed by atoms with Gasteiger partial charge in [0, 0.05) is 17.8 Å². The summed E-state index contributed by atoms with van der Waals surface area (Å²) in [4.78, 5) is 12.2. The van der Waals surface area contributed by atoms with E-state index in [-0.39, 0.29) is 5.91 Å². The van der Waals surface area contributed by atoms with Crippen LogP contribution in [0.3, 0.4) is 0 Å². The van der Waals surface area contributed by atoms with E-state index < -0.39 is 5.82 Å². The molecule has 0 aliphatic carbocycles. The van der Waals surface area contributed by atoms with Crippen LogP contribution in [-0.2, 0) is 6.54 Å². The van der Waals surface area contributed by atoms with Gasteiger partial charge in [0.25, 0.3) is 5.91 Å². The third-order valence-electron chi connectivity index (χ3n) is 3.29. The Morgan fingerprint density at radius 1 is 1.27 bits per heavy atom. The number of carbonyl (C=O) groups excluding carboxylic acids is 1. The minimum atomic E-state index is -0.393. The summed E-state index contributed by atoms with van der Waals surface area (Å²) in [5, 5.41) is 10.8. The van der Waals surface area contributed by atoms with Crippen molar-refractivity contribution in [3.63, 3.8) is 0 Å². The van der Waals surface area contributed by atoms with Crippen molar-refractivity contribution >= 4 is 22.6 Å². The van der Waals surface area contributed by atoms with E-state index in [0.29, 0.717) is 16.8 Å². The van der Waals surface area contributed by atoms with Crippen molar-refractivity contribution in [1.82, 2.24) is 15.0 Å². The molecule has 0 spiro atoms. The number of rotatable bonds is 4. The van der Waals surface area contributed by atoms with Gasteiger partial charge in [-0.15, -0.1) is 5.10 Å². The molecule has 0 bridgehead atoms. The van der Waals surface area contributed by atoms with Crippen LogP contribution < -0.4 is 5.32 Å². The van der Waals surface area contributed by atoms with Crippen molar-refractivity contribution in [3.8, 4) is 0 Å². The topological polar surface area (TPSA) is 59.8 Å². The molecule has 22 heavy (non-hydrogen) atoms. The summed E-state index contributed by atoms with van der Waals surface area (Å²) in [5.74, 6) is -0.701. The van der Waals surface area contributed by atoms with E-state index in [2.05, 4.69) is 22.6 Å². The lowest BCUT2D eigenvalue weighted by atomic mass is 10.1. The molecule has 0 fully saturated rings. The van der Waals surface area contributed by atoms with Gasteiger partial charge in [-0.3, -0.25) is 4.79 Å². The Morgan fingerprint density at radius 3 is 2.91 bits per heavy atom. The van der Waals surface area contributed by atoms with E-state index in [4.69, 9.17) is 0 Å². The number of carbonyl (C=O) groups is 1. The van der Waals surface area contributed by atoms with Gasteiger partial charge >= 0.3 is 0 Å². The molecule has 0 saturated carbocycles. The Hall–Kier alpha value is -2.76. The SMILES string of the molecule is CCCn1nnc2cc(C(=O)Nc3cccc(F)c3)ccc21. The lowest BCUT2D eigenvalue weighted by Crippen LogP contribution is -2.11. The first-order valence-electron chi connectivity index (χ1n) is 7.07. The number of nitrogens with zero attached hydrogens (tertiary/aromatic N) is 3. The molecule has 0 aliphatic rings. The maximum Gasteiger partial charge on any atom is 0.255 e. The first-order chi connectivity index (χ1) is 10.7. The Bertz CT molecular complexity index is 828. The highest BCUT2D eigenvalue weighted by Gasteiger charge is 2.10. The molecule has 1 aromatic heterocycles. The molecule has 6 heteroatoms. The molecular formula is C16H15FN4O. The zero-order valence-corrected chi connectivity index (χ0v) is 12.1. The maximum absolute atomic E-state index is 13.1. The van der Waals surface area contributed by atoms with E-state index in [1.165, 1.54) is 12.1 Å². The van der Waals surface area contributed by atoms with Gasteiger partial charge in [0.15, 0.2) is 0 Å². The molecule has 112 valence electrons. The average molecular weight is 298 g/mol. The van der Waals surface area contributed by atoms with Gasteiger partial charge in [-0.05, 0) is 42.8 Å². The summed E-state index contributed by atoms with van der Waals surface area (Å²) in [6, 6.07) is 11.0. The van der Waals surface area contributed by atoms with Gasteiger partial charge in [-0.25, -0.2) is 9.07 Å². The van der Waals surface area contributed by atoms with Crippen LogP contribution in [0.15, 0.2) is 42.5 Å². The van der Waals surface area contributed by atoms with E-state index in [1.807, 2.05) is 10.7 Å². The van der Waals surface area contributed by atoms with Crippen LogP contribution in [0, 0.1) is 5.82 Å². The minimum absolute atomic E-state index is 0.308. The first-order valence-corrected chi connectivity index (χ1v) is 7.07. The van der Waals surface area contributed by atoms with Gasteiger partial charge < -0.3 is 5.32 Å². The van der Waals surface area contributed by atoms with Crippen LogP contribution in [0.1, 0.15) is 23.7 Å². The lowest BCUT2D eigenvalue weighted by Gasteiger charge is -2.05. The molecule has 1 N–H and O–H groups in total. The number of halogens is 1. The minimum Gasteiger partial charge on any atom is -0.322 e. The molecule has 0 radical (unpaired) electrons. The van der Waals surface area contributed by atoms with Crippen molar-refractivity contribution in [2.45, 2.75) is 19.9 Å². The van der Waals surface area contributed by atoms with Crippen molar-refractivity contribution in [2.75, 3.05) is 5.32 Å². The molecule has 0 aliphatic heterocycles. The highest BCUT2D eigenvalue weighted by atomic mass is 19.1. The van der Waals surface area contributed by atoms with Crippen molar-refractivity contribution in [1.29, 1.82) is 0 Å². The van der Waals surface area contributed by atoms with Crippen molar-refractivity contribution in [3.05, 3.63) is 53.8 Å². The second-order valence-electron chi connectivity index (χ2n) is 4.98. The summed E-state index contributed by atoms with van der Waals surface area (Å²) in [6.07, 6.45) is 0.959. The van der Waals surface area contributed by atoms with Crippen LogP contribution >= 0.6 is 0 Å². The maximum atomic E-state index is 13.1. The monoisotopic (exact) mass is 298 g/mol. The highest BCUT2D eigenvalue weighted by Crippen LogP contribution is 2.16. The smallest absolute Gasteiger partial charge is 0.255 e. The number of hydrogen-bond acceptors (Lipinski definition) is 3.